The smallest absolute Gasteiger partial charge is 0.306 e. The zero-order chi connectivity index (χ0) is 9.72. The maximum Gasteiger partial charge on any atom is 0.306 e. The molecule has 0 rings (SSSR count). The van der Waals surface area contributed by atoms with E-state index in [-0.39, 0.29) is 19.9 Å². The molecule has 5 heteroatoms. The van der Waals surface area contributed by atoms with Gasteiger partial charge in [-0.3, -0.25) is 4.79 Å². The molecule has 0 aromatic rings. The molecule has 0 aromatic heterocycles. The molecule has 0 aromatic carbocycles. The van der Waals surface area contributed by atoms with Gasteiger partial charge >= 0.3 is 5.97 Å². The number of carboxylic acid groups (broad SMARTS) is 1. The normalized spacial score (nSPS) is 14.8. The van der Waals surface area contributed by atoms with Gasteiger partial charge in [0, 0.05) is 6.04 Å². The SMILES string of the molecule is CC(C)C[C@H](N)[C@@H](O)CC(=O)O.S. The number of aliphatic hydroxyl groups is 1. The van der Waals surface area contributed by atoms with Crippen molar-refractivity contribution in [3.8, 4) is 0 Å². The predicted molar refractivity (Wildman–Crippen MR) is 56.1 cm³/mol. The van der Waals surface area contributed by atoms with Crippen molar-refractivity contribution in [1.82, 2.24) is 0 Å². The Morgan fingerprint density at radius 3 is 2.23 bits per heavy atom. The minimum atomic E-state index is -1.01. The number of aliphatic carboxylic acids is 1. The second kappa shape index (κ2) is 7.17. The molecule has 0 aliphatic rings. The molecule has 0 saturated heterocycles. The van der Waals surface area contributed by atoms with Crippen LogP contribution in [0.3, 0.4) is 0 Å². The van der Waals surface area contributed by atoms with Crippen molar-refractivity contribution >= 4 is 19.5 Å². The number of aliphatic hydroxyl groups excluding tert-OH is 1. The van der Waals surface area contributed by atoms with Gasteiger partial charge < -0.3 is 15.9 Å². The molecule has 0 bridgehead atoms. The molecule has 0 aliphatic heterocycles. The molecule has 0 spiro atoms. The molecule has 0 radical (unpaired) electrons. The van der Waals surface area contributed by atoms with Crippen LogP contribution in [0.4, 0.5) is 0 Å². The van der Waals surface area contributed by atoms with Gasteiger partial charge in [0.2, 0.25) is 0 Å². The van der Waals surface area contributed by atoms with Crippen molar-refractivity contribution in [2.24, 2.45) is 11.7 Å². The van der Waals surface area contributed by atoms with E-state index in [0.29, 0.717) is 12.3 Å². The highest BCUT2D eigenvalue weighted by atomic mass is 32.1. The van der Waals surface area contributed by atoms with E-state index in [0.717, 1.165) is 0 Å². The van der Waals surface area contributed by atoms with Crippen molar-refractivity contribution in [2.45, 2.75) is 38.8 Å². The molecule has 0 aliphatic carbocycles. The van der Waals surface area contributed by atoms with E-state index in [4.69, 9.17) is 10.8 Å². The van der Waals surface area contributed by atoms with Gasteiger partial charge in [-0.15, -0.1) is 0 Å². The van der Waals surface area contributed by atoms with Crippen LogP contribution in [-0.4, -0.2) is 28.3 Å². The van der Waals surface area contributed by atoms with Gasteiger partial charge in [0.05, 0.1) is 12.5 Å². The summed E-state index contributed by atoms with van der Waals surface area (Å²) in [5, 5.41) is 17.6. The topological polar surface area (TPSA) is 83.5 Å². The van der Waals surface area contributed by atoms with Crippen LogP contribution in [0.5, 0.6) is 0 Å². The molecular weight excluding hydrogens is 190 g/mol. The van der Waals surface area contributed by atoms with Crippen molar-refractivity contribution in [3.63, 3.8) is 0 Å². The number of carboxylic acids is 1. The molecule has 2 atom stereocenters. The van der Waals surface area contributed by atoms with Gasteiger partial charge in [-0.05, 0) is 12.3 Å². The monoisotopic (exact) mass is 209 g/mol. The highest BCUT2D eigenvalue weighted by Crippen LogP contribution is 2.08. The molecule has 0 heterocycles. The van der Waals surface area contributed by atoms with Crippen LogP contribution < -0.4 is 5.73 Å². The second-order valence-electron chi connectivity index (χ2n) is 3.46. The molecule has 0 saturated carbocycles. The van der Waals surface area contributed by atoms with Crippen LogP contribution in [0.1, 0.15) is 26.7 Å². The van der Waals surface area contributed by atoms with Gasteiger partial charge in [0.15, 0.2) is 0 Å². The Bertz CT molecular complexity index is 152. The number of hydrogen-bond acceptors (Lipinski definition) is 3. The Labute approximate surface area is 85.6 Å². The second-order valence-corrected chi connectivity index (χ2v) is 3.46. The molecule has 0 fully saturated rings. The third-order valence-corrected chi connectivity index (χ3v) is 1.62. The fourth-order valence-electron chi connectivity index (χ4n) is 1.03. The first kappa shape index (κ1) is 15.2. The van der Waals surface area contributed by atoms with E-state index in [9.17, 15) is 9.90 Å². The van der Waals surface area contributed by atoms with E-state index >= 15 is 0 Å². The number of hydrogen-bond donors (Lipinski definition) is 3. The standard InChI is InChI=1S/C8H17NO3.H2S/c1-5(2)3-6(9)7(10)4-8(11)12;/h5-7,10H,3-4,9H2,1-2H3,(H,11,12);1H2/t6-,7-;/m0./s1. The Morgan fingerprint density at radius 1 is 1.46 bits per heavy atom. The molecule has 4 N–H and O–H groups in total. The summed E-state index contributed by atoms with van der Waals surface area (Å²) in [6, 6.07) is -0.430. The van der Waals surface area contributed by atoms with Crippen molar-refractivity contribution in [3.05, 3.63) is 0 Å². The first-order valence-electron chi connectivity index (χ1n) is 4.09. The molecule has 0 unspecified atom stereocenters. The van der Waals surface area contributed by atoms with Crippen molar-refractivity contribution in [2.75, 3.05) is 0 Å². The minimum absolute atomic E-state index is 0. The van der Waals surface area contributed by atoms with Crippen molar-refractivity contribution < 1.29 is 15.0 Å². The largest absolute Gasteiger partial charge is 0.481 e. The van der Waals surface area contributed by atoms with Gasteiger partial charge in [-0.2, -0.15) is 13.5 Å². The van der Waals surface area contributed by atoms with Gasteiger partial charge in [-0.25, -0.2) is 0 Å². The Kier molecular flexibility index (Phi) is 8.40. The summed E-state index contributed by atoms with van der Waals surface area (Å²) >= 11 is 0. The fraction of sp³-hybridized carbons (Fsp3) is 0.875. The maximum atomic E-state index is 10.2. The van der Waals surface area contributed by atoms with Gasteiger partial charge in [0.1, 0.15) is 0 Å². The first-order chi connectivity index (χ1) is 5.43. The van der Waals surface area contributed by atoms with E-state index in [1.165, 1.54) is 0 Å². The van der Waals surface area contributed by atoms with Crippen LogP contribution in [0.15, 0.2) is 0 Å². The number of nitrogens with two attached hydrogens (primary N) is 1. The van der Waals surface area contributed by atoms with Crippen LogP contribution in [0.2, 0.25) is 0 Å². The van der Waals surface area contributed by atoms with Gasteiger partial charge in [0.25, 0.3) is 0 Å². The van der Waals surface area contributed by atoms with Crippen LogP contribution in [0, 0.1) is 5.92 Å². The van der Waals surface area contributed by atoms with Crippen molar-refractivity contribution in [1.29, 1.82) is 0 Å². The third-order valence-electron chi connectivity index (χ3n) is 1.62. The molecule has 0 amide bonds. The Morgan fingerprint density at radius 2 is 1.92 bits per heavy atom. The van der Waals surface area contributed by atoms with E-state index in [1.807, 2.05) is 13.8 Å². The summed E-state index contributed by atoms with van der Waals surface area (Å²) < 4.78 is 0. The molecule has 4 nitrogen and oxygen atoms in total. The summed E-state index contributed by atoms with van der Waals surface area (Å²) in [6.45, 7) is 3.96. The highest BCUT2D eigenvalue weighted by Gasteiger charge is 2.18. The molecule has 13 heavy (non-hydrogen) atoms. The minimum Gasteiger partial charge on any atom is -0.481 e. The third kappa shape index (κ3) is 8.08. The first-order valence-corrected chi connectivity index (χ1v) is 4.09. The van der Waals surface area contributed by atoms with Crippen LogP contribution in [0.25, 0.3) is 0 Å². The average Bonchev–Trinajstić information content (AvgIpc) is 1.84. The van der Waals surface area contributed by atoms with Gasteiger partial charge in [-0.1, -0.05) is 13.8 Å². The van der Waals surface area contributed by atoms with E-state index in [1.54, 1.807) is 0 Å². The Hall–Kier alpha value is -0.260. The summed E-state index contributed by atoms with van der Waals surface area (Å²) in [7, 11) is 0. The fourth-order valence-corrected chi connectivity index (χ4v) is 1.03. The quantitative estimate of drug-likeness (QED) is 0.608. The maximum absolute atomic E-state index is 10.2. The zero-order valence-corrected chi connectivity index (χ0v) is 9.03. The van der Waals surface area contributed by atoms with E-state index in [2.05, 4.69) is 0 Å². The van der Waals surface area contributed by atoms with E-state index < -0.39 is 18.1 Å². The number of carbonyl (C=O) groups is 1. The lowest BCUT2D eigenvalue weighted by atomic mass is 9.98. The lowest BCUT2D eigenvalue weighted by Crippen LogP contribution is -2.37. The lowest BCUT2D eigenvalue weighted by molar-refractivity contribution is -0.139. The summed E-state index contributed by atoms with van der Waals surface area (Å²) in [4.78, 5) is 10.2. The van der Waals surface area contributed by atoms with Crippen LogP contribution >= 0.6 is 13.5 Å². The molecular formula is C8H19NO3S. The zero-order valence-electron chi connectivity index (χ0n) is 8.03. The van der Waals surface area contributed by atoms with Crippen LogP contribution in [-0.2, 0) is 4.79 Å². The number of rotatable bonds is 5. The summed E-state index contributed by atoms with van der Waals surface area (Å²) in [5.74, 6) is -0.634. The summed E-state index contributed by atoms with van der Waals surface area (Å²) in [6.07, 6.45) is -0.549. The highest BCUT2D eigenvalue weighted by molar-refractivity contribution is 7.59. The predicted octanol–water partition coefficient (Wildman–Crippen LogP) is 0.308. The lowest BCUT2D eigenvalue weighted by Gasteiger charge is -2.18. The average molecular weight is 209 g/mol. The Balaban J connectivity index is 0. The summed E-state index contributed by atoms with van der Waals surface area (Å²) in [5.41, 5.74) is 5.55. The molecule has 80 valence electrons.